The van der Waals surface area contributed by atoms with Crippen molar-refractivity contribution in [3.05, 3.63) is 30.3 Å². The summed E-state index contributed by atoms with van der Waals surface area (Å²) in [5, 5.41) is 0. The Balaban J connectivity index is 2.41. The van der Waals surface area contributed by atoms with Crippen molar-refractivity contribution in [3.8, 4) is 0 Å². The van der Waals surface area contributed by atoms with Gasteiger partial charge in [0.1, 0.15) is 0 Å². The normalized spacial score (nSPS) is 13.1. The second-order valence-electron chi connectivity index (χ2n) is 2.93. The van der Waals surface area contributed by atoms with E-state index < -0.39 is 0 Å². The Labute approximate surface area is 79.3 Å². The number of ether oxygens (including phenoxy) is 1. The molecule has 13 heavy (non-hydrogen) atoms. The standard InChI is InChI=1S/C11H15NO/c1-3-10(2)13-9-12-11-7-5-4-6-8-11/h4-10H,3H2,1-2H3. The monoisotopic (exact) mass is 177 g/mol. The zero-order valence-corrected chi connectivity index (χ0v) is 8.10. The topological polar surface area (TPSA) is 21.6 Å². The highest BCUT2D eigenvalue weighted by atomic mass is 16.5. The molecule has 1 aromatic rings. The van der Waals surface area contributed by atoms with E-state index in [-0.39, 0.29) is 6.10 Å². The molecule has 0 spiro atoms. The fraction of sp³-hybridized carbons (Fsp3) is 0.364. The molecule has 0 aliphatic carbocycles. The summed E-state index contributed by atoms with van der Waals surface area (Å²) in [5.74, 6) is 0. The Kier molecular flexibility index (Phi) is 4.03. The van der Waals surface area contributed by atoms with Crippen molar-refractivity contribution in [1.82, 2.24) is 0 Å². The molecule has 0 aliphatic rings. The first-order valence-electron chi connectivity index (χ1n) is 4.56. The molecule has 0 heterocycles. The van der Waals surface area contributed by atoms with Crippen molar-refractivity contribution < 1.29 is 4.74 Å². The van der Waals surface area contributed by atoms with E-state index in [1.165, 1.54) is 6.40 Å². The quantitative estimate of drug-likeness (QED) is 0.511. The molecule has 1 unspecified atom stereocenters. The first-order valence-corrected chi connectivity index (χ1v) is 4.56. The van der Waals surface area contributed by atoms with Crippen LogP contribution in [0.2, 0.25) is 0 Å². The van der Waals surface area contributed by atoms with Crippen LogP contribution in [-0.4, -0.2) is 12.5 Å². The van der Waals surface area contributed by atoms with Crippen molar-refractivity contribution in [2.75, 3.05) is 0 Å². The van der Waals surface area contributed by atoms with Crippen LogP contribution < -0.4 is 0 Å². The summed E-state index contributed by atoms with van der Waals surface area (Å²) in [6.45, 7) is 4.11. The highest BCUT2D eigenvalue weighted by molar-refractivity contribution is 5.55. The Bertz CT molecular complexity index is 256. The van der Waals surface area contributed by atoms with Crippen LogP contribution in [0.1, 0.15) is 20.3 Å². The summed E-state index contributed by atoms with van der Waals surface area (Å²) in [5.41, 5.74) is 0.922. The summed E-state index contributed by atoms with van der Waals surface area (Å²) in [7, 11) is 0. The van der Waals surface area contributed by atoms with E-state index in [1.54, 1.807) is 0 Å². The van der Waals surface area contributed by atoms with Crippen molar-refractivity contribution in [2.24, 2.45) is 4.99 Å². The van der Waals surface area contributed by atoms with Crippen LogP contribution in [0.25, 0.3) is 0 Å². The average Bonchev–Trinajstić information content (AvgIpc) is 2.19. The van der Waals surface area contributed by atoms with Crippen LogP contribution in [0.4, 0.5) is 5.69 Å². The highest BCUT2D eigenvalue weighted by Crippen LogP contribution is 2.08. The summed E-state index contributed by atoms with van der Waals surface area (Å²) in [4.78, 5) is 4.15. The minimum absolute atomic E-state index is 0.243. The SMILES string of the molecule is CCC(C)OC=Nc1ccccc1. The van der Waals surface area contributed by atoms with Gasteiger partial charge in [0.2, 0.25) is 0 Å². The van der Waals surface area contributed by atoms with Gasteiger partial charge in [-0.05, 0) is 25.5 Å². The summed E-state index contributed by atoms with van der Waals surface area (Å²) >= 11 is 0. The fourth-order valence-electron chi connectivity index (χ4n) is 0.805. The highest BCUT2D eigenvalue weighted by Gasteiger charge is 1.93. The lowest BCUT2D eigenvalue weighted by atomic mass is 10.3. The molecule has 0 N–H and O–H groups in total. The van der Waals surface area contributed by atoms with Gasteiger partial charge in [-0.3, -0.25) is 0 Å². The second-order valence-corrected chi connectivity index (χ2v) is 2.93. The van der Waals surface area contributed by atoms with Gasteiger partial charge in [-0.2, -0.15) is 0 Å². The fourth-order valence-corrected chi connectivity index (χ4v) is 0.805. The summed E-state index contributed by atoms with van der Waals surface area (Å²) in [6, 6.07) is 9.76. The van der Waals surface area contributed by atoms with E-state index in [1.807, 2.05) is 37.3 Å². The van der Waals surface area contributed by atoms with E-state index >= 15 is 0 Å². The molecule has 1 rings (SSSR count). The molecule has 70 valence electrons. The maximum Gasteiger partial charge on any atom is 0.174 e. The van der Waals surface area contributed by atoms with Gasteiger partial charge in [-0.1, -0.05) is 25.1 Å². The van der Waals surface area contributed by atoms with E-state index in [0.717, 1.165) is 12.1 Å². The van der Waals surface area contributed by atoms with E-state index in [4.69, 9.17) is 4.74 Å². The molecule has 0 fully saturated rings. The number of nitrogens with zero attached hydrogens (tertiary/aromatic N) is 1. The van der Waals surface area contributed by atoms with Crippen LogP contribution >= 0.6 is 0 Å². The lowest BCUT2D eigenvalue weighted by molar-refractivity contribution is 0.216. The van der Waals surface area contributed by atoms with Crippen molar-refractivity contribution in [3.63, 3.8) is 0 Å². The lowest BCUT2D eigenvalue weighted by Crippen LogP contribution is -2.03. The molecule has 2 nitrogen and oxygen atoms in total. The zero-order chi connectivity index (χ0) is 9.52. The Morgan fingerprint density at radius 2 is 2.08 bits per heavy atom. The molecule has 1 aromatic carbocycles. The van der Waals surface area contributed by atoms with Crippen molar-refractivity contribution in [2.45, 2.75) is 26.4 Å². The predicted octanol–water partition coefficient (Wildman–Crippen LogP) is 3.16. The molecule has 1 atom stereocenters. The third kappa shape index (κ3) is 3.74. The molecule has 2 heteroatoms. The van der Waals surface area contributed by atoms with Crippen LogP contribution in [0.3, 0.4) is 0 Å². The van der Waals surface area contributed by atoms with E-state index in [9.17, 15) is 0 Å². The van der Waals surface area contributed by atoms with Gasteiger partial charge in [-0.15, -0.1) is 0 Å². The molecular formula is C11H15NO. The van der Waals surface area contributed by atoms with Gasteiger partial charge in [0.15, 0.2) is 6.40 Å². The molecule has 0 saturated carbocycles. The number of hydrogen-bond acceptors (Lipinski definition) is 2. The van der Waals surface area contributed by atoms with Gasteiger partial charge >= 0.3 is 0 Å². The van der Waals surface area contributed by atoms with Crippen molar-refractivity contribution in [1.29, 1.82) is 0 Å². The van der Waals surface area contributed by atoms with Gasteiger partial charge in [-0.25, -0.2) is 4.99 Å². The van der Waals surface area contributed by atoms with Crippen LogP contribution in [0, 0.1) is 0 Å². The lowest BCUT2D eigenvalue weighted by Gasteiger charge is -2.05. The largest absolute Gasteiger partial charge is 0.480 e. The number of para-hydroxylation sites is 1. The van der Waals surface area contributed by atoms with E-state index in [2.05, 4.69) is 11.9 Å². The van der Waals surface area contributed by atoms with Crippen molar-refractivity contribution >= 4 is 12.1 Å². The van der Waals surface area contributed by atoms with Gasteiger partial charge < -0.3 is 4.74 Å². The number of benzene rings is 1. The first kappa shape index (κ1) is 9.78. The third-order valence-electron chi connectivity index (χ3n) is 1.83. The average molecular weight is 177 g/mol. The van der Waals surface area contributed by atoms with Crippen LogP contribution in [0.15, 0.2) is 35.3 Å². The Morgan fingerprint density at radius 1 is 1.38 bits per heavy atom. The molecule has 0 aliphatic heterocycles. The minimum Gasteiger partial charge on any atom is -0.480 e. The summed E-state index contributed by atoms with van der Waals surface area (Å²) in [6.07, 6.45) is 2.76. The second kappa shape index (κ2) is 5.36. The molecule has 0 aromatic heterocycles. The van der Waals surface area contributed by atoms with Gasteiger partial charge in [0, 0.05) is 0 Å². The Morgan fingerprint density at radius 3 is 2.69 bits per heavy atom. The number of hydrogen-bond donors (Lipinski definition) is 0. The first-order chi connectivity index (χ1) is 6.33. The minimum atomic E-state index is 0.243. The van der Waals surface area contributed by atoms with Gasteiger partial charge in [0.05, 0.1) is 11.8 Å². The molecular weight excluding hydrogens is 162 g/mol. The predicted molar refractivity (Wildman–Crippen MR) is 55.4 cm³/mol. The molecule has 0 radical (unpaired) electrons. The molecule has 0 amide bonds. The molecule has 0 bridgehead atoms. The maximum atomic E-state index is 5.30. The van der Waals surface area contributed by atoms with Crippen LogP contribution in [-0.2, 0) is 4.74 Å². The van der Waals surface area contributed by atoms with Gasteiger partial charge in [0.25, 0.3) is 0 Å². The van der Waals surface area contributed by atoms with E-state index in [0.29, 0.717) is 0 Å². The third-order valence-corrected chi connectivity index (χ3v) is 1.83. The number of aliphatic imine (C=N–C) groups is 1. The smallest absolute Gasteiger partial charge is 0.174 e. The number of rotatable bonds is 4. The molecule has 0 saturated heterocycles. The zero-order valence-electron chi connectivity index (χ0n) is 8.10. The van der Waals surface area contributed by atoms with Crippen LogP contribution in [0.5, 0.6) is 0 Å². The summed E-state index contributed by atoms with van der Waals surface area (Å²) < 4.78 is 5.30. The maximum absolute atomic E-state index is 5.30. The Hall–Kier alpha value is -1.31.